The van der Waals surface area contributed by atoms with E-state index < -0.39 is 28.4 Å². The first-order chi connectivity index (χ1) is 9.82. The van der Waals surface area contributed by atoms with Gasteiger partial charge in [-0.2, -0.15) is 13.2 Å². The summed E-state index contributed by atoms with van der Waals surface area (Å²) in [5, 5.41) is 2.37. The molecule has 0 heterocycles. The van der Waals surface area contributed by atoms with Crippen molar-refractivity contribution in [2.75, 3.05) is 16.8 Å². The number of rotatable bonds is 6. The van der Waals surface area contributed by atoms with E-state index in [1.807, 2.05) is 0 Å². The van der Waals surface area contributed by atoms with Crippen LogP contribution in [0.5, 0.6) is 0 Å². The Morgan fingerprint density at radius 1 is 1.38 bits per heavy atom. The molecule has 0 radical (unpaired) electrons. The molecule has 0 aliphatic rings. The average Bonchev–Trinajstić information content (AvgIpc) is 2.42. The zero-order chi connectivity index (χ0) is 15.9. The van der Waals surface area contributed by atoms with Crippen molar-refractivity contribution >= 4 is 22.4 Å². The van der Waals surface area contributed by atoms with Crippen LogP contribution in [0.4, 0.5) is 18.9 Å². The zero-order valence-corrected chi connectivity index (χ0v) is 12.3. The van der Waals surface area contributed by atoms with Crippen LogP contribution in [0.1, 0.15) is 18.9 Å². The van der Waals surface area contributed by atoms with Gasteiger partial charge in [0.25, 0.3) is 0 Å². The molecular weight excluding hydrogens is 303 g/mol. The van der Waals surface area contributed by atoms with Crippen LogP contribution in [0.25, 0.3) is 0 Å². The second-order valence-electron chi connectivity index (χ2n) is 4.26. The molecule has 116 valence electrons. The molecule has 21 heavy (non-hydrogen) atoms. The predicted octanol–water partition coefficient (Wildman–Crippen LogP) is 3.36. The Morgan fingerprint density at radius 2 is 2.10 bits per heavy atom. The Morgan fingerprint density at radius 3 is 2.71 bits per heavy atom. The first-order valence-electron chi connectivity index (χ1n) is 6.26. The molecule has 1 aromatic carbocycles. The third kappa shape index (κ3) is 6.57. The van der Waals surface area contributed by atoms with Crippen molar-refractivity contribution in [2.45, 2.75) is 19.5 Å². The molecule has 1 N–H and O–H groups in total. The summed E-state index contributed by atoms with van der Waals surface area (Å²) in [6.45, 7) is 1.80. The summed E-state index contributed by atoms with van der Waals surface area (Å²) in [5.74, 6) is 0.0887. The molecule has 0 saturated heterocycles. The summed E-state index contributed by atoms with van der Waals surface area (Å²) in [7, 11) is -1.14. The van der Waals surface area contributed by atoms with Crippen molar-refractivity contribution in [1.29, 1.82) is 0 Å². The molecule has 0 fully saturated rings. The number of carbonyl (C=O) groups excluding carboxylic acids is 1. The van der Waals surface area contributed by atoms with Gasteiger partial charge in [-0.1, -0.05) is 18.2 Å². The number of amides is 1. The van der Waals surface area contributed by atoms with E-state index in [1.165, 1.54) is 12.1 Å². The molecule has 0 saturated carbocycles. The lowest BCUT2D eigenvalue weighted by Crippen LogP contribution is -2.16. The maximum Gasteiger partial charge on any atom is 0.416 e. The molecule has 1 amide bonds. The zero-order valence-electron chi connectivity index (χ0n) is 11.4. The molecule has 0 bridgehead atoms. The van der Waals surface area contributed by atoms with Gasteiger partial charge in [-0.05, 0) is 25.1 Å². The Hall–Kier alpha value is -1.63. The standard InChI is InChI=1S/C14H16F3NO2S/c1-2-3-8-21(20)9-7-13(19)18-12-6-4-5-11(10-12)14(15,16)17/h2-6,10H,7-9H2,1H3,(H,18,19)/b3-2+. The summed E-state index contributed by atoms with van der Waals surface area (Å²) in [6, 6.07) is 4.41. The quantitative estimate of drug-likeness (QED) is 0.817. The molecule has 0 aliphatic carbocycles. The first-order valence-corrected chi connectivity index (χ1v) is 7.75. The van der Waals surface area contributed by atoms with Gasteiger partial charge >= 0.3 is 6.18 Å². The van der Waals surface area contributed by atoms with Gasteiger partial charge in [0, 0.05) is 34.4 Å². The normalized spacial score (nSPS) is 13.3. The minimum atomic E-state index is -4.45. The lowest BCUT2D eigenvalue weighted by atomic mass is 10.2. The van der Waals surface area contributed by atoms with E-state index in [2.05, 4.69) is 5.32 Å². The summed E-state index contributed by atoms with van der Waals surface area (Å²) in [6.07, 6.45) is -0.948. The van der Waals surface area contributed by atoms with Gasteiger partial charge in [0.05, 0.1) is 5.56 Å². The Balaban J connectivity index is 2.54. The van der Waals surface area contributed by atoms with Crippen molar-refractivity contribution in [2.24, 2.45) is 0 Å². The van der Waals surface area contributed by atoms with Crippen LogP contribution < -0.4 is 5.32 Å². The van der Waals surface area contributed by atoms with E-state index in [-0.39, 0.29) is 17.9 Å². The van der Waals surface area contributed by atoms with Gasteiger partial charge in [-0.15, -0.1) is 0 Å². The molecule has 7 heteroatoms. The summed E-state index contributed by atoms with van der Waals surface area (Å²) < 4.78 is 49.0. The SMILES string of the molecule is C/C=C/CS(=O)CCC(=O)Nc1cccc(C(F)(F)F)c1. The van der Waals surface area contributed by atoms with Crippen molar-refractivity contribution < 1.29 is 22.2 Å². The molecule has 0 aromatic heterocycles. The molecule has 1 unspecified atom stereocenters. The van der Waals surface area contributed by atoms with Gasteiger partial charge in [0.1, 0.15) is 0 Å². The highest BCUT2D eigenvalue weighted by atomic mass is 32.2. The third-order valence-corrected chi connectivity index (χ3v) is 3.77. The number of benzene rings is 1. The smallest absolute Gasteiger partial charge is 0.326 e. The van der Waals surface area contributed by atoms with Crippen LogP contribution in [-0.4, -0.2) is 21.6 Å². The topological polar surface area (TPSA) is 46.2 Å². The second kappa shape index (κ2) is 7.97. The summed E-state index contributed by atoms with van der Waals surface area (Å²) in [4.78, 5) is 11.6. The van der Waals surface area contributed by atoms with E-state index in [1.54, 1.807) is 19.1 Å². The van der Waals surface area contributed by atoms with E-state index in [9.17, 15) is 22.2 Å². The number of nitrogens with one attached hydrogen (secondary N) is 1. The number of allylic oxidation sites excluding steroid dienone is 1. The van der Waals surface area contributed by atoms with E-state index >= 15 is 0 Å². The maximum atomic E-state index is 12.5. The number of hydrogen-bond donors (Lipinski definition) is 1. The Kier molecular flexibility index (Phi) is 6.61. The van der Waals surface area contributed by atoms with Crippen molar-refractivity contribution in [3.8, 4) is 0 Å². The van der Waals surface area contributed by atoms with Gasteiger partial charge < -0.3 is 5.32 Å². The Bertz CT molecular complexity index is 541. The van der Waals surface area contributed by atoms with Gasteiger partial charge in [-0.25, -0.2) is 0 Å². The van der Waals surface area contributed by atoms with Crippen molar-refractivity contribution in [1.82, 2.24) is 0 Å². The van der Waals surface area contributed by atoms with Gasteiger partial charge in [0.15, 0.2) is 0 Å². The fourth-order valence-corrected chi connectivity index (χ4v) is 2.48. The number of alkyl halides is 3. The fourth-order valence-electron chi connectivity index (χ4n) is 1.49. The highest BCUT2D eigenvalue weighted by Gasteiger charge is 2.30. The summed E-state index contributed by atoms with van der Waals surface area (Å²) in [5.41, 5.74) is -0.744. The van der Waals surface area contributed by atoms with Crippen molar-refractivity contribution in [3.05, 3.63) is 42.0 Å². The fraction of sp³-hybridized carbons (Fsp3) is 0.357. The highest BCUT2D eigenvalue weighted by molar-refractivity contribution is 7.85. The molecular formula is C14H16F3NO2S. The molecule has 3 nitrogen and oxygen atoms in total. The van der Waals surface area contributed by atoms with E-state index in [4.69, 9.17) is 0 Å². The molecule has 0 aliphatic heterocycles. The van der Waals surface area contributed by atoms with Crippen LogP contribution in [0.3, 0.4) is 0 Å². The van der Waals surface area contributed by atoms with E-state index in [0.29, 0.717) is 5.75 Å². The van der Waals surface area contributed by atoms with Crippen LogP contribution >= 0.6 is 0 Å². The average molecular weight is 319 g/mol. The number of anilines is 1. The van der Waals surface area contributed by atoms with Crippen LogP contribution in [0.15, 0.2) is 36.4 Å². The Labute approximate surface area is 123 Å². The van der Waals surface area contributed by atoms with E-state index in [0.717, 1.165) is 12.1 Å². The lowest BCUT2D eigenvalue weighted by molar-refractivity contribution is -0.137. The highest BCUT2D eigenvalue weighted by Crippen LogP contribution is 2.30. The minimum absolute atomic E-state index is 0.000408. The number of halogens is 3. The van der Waals surface area contributed by atoms with Crippen LogP contribution in [0, 0.1) is 0 Å². The van der Waals surface area contributed by atoms with Crippen molar-refractivity contribution in [3.63, 3.8) is 0 Å². The van der Waals surface area contributed by atoms with Gasteiger partial charge in [0.2, 0.25) is 5.91 Å². The second-order valence-corrected chi connectivity index (χ2v) is 5.88. The predicted molar refractivity (Wildman–Crippen MR) is 77.4 cm³/mol. The number of hydrogen-bond acceptors (Lipinski definition) is 2. The van der Waals surface area contributed by atoms with Crippen LogP contribution in [0.2, 0.25) is 0 Å². The monoisotopic (exact) mass is 319 g/mol. The van der Waals surface area contributed by atoms with Gasteiger partial charge in [-0.3, -0.25) is 9.00 Å². The lowest BCUT2D eigenvalue weighted by Gasteiger charge is -2.09. The molecule has 1 rings (SSSR count). The molecule has 1 atom stereocenters. The molecule has 1 aromatic rings. The minimum Gasteiger partial charge on any atom is -0.326 e. The molecule has 0 spiro atoms. The summed E-state index contributed by atoms with van der Waals surface area (Å²) >= 11 is 0. The number of carbonyl (C=O) groups is 1. The largest absolute Gasteiger partial charge is 0.416 e. The van der Waals surface area contributed by atoms with Crippen LogP contribution in [-0.2, 0) is 21.8 Å². The third-order valence-electron chi connectivity index (χ3n) is 2.55. The maximum absolute atomic E-state index is 12.5. The first kappa shape index (κ1) is 17.4.